The summed E-state index contributed by atoms with van der Waals surface area (Å²) in [5.41, 5.74) is 7.61. The van der Waals surface area contributed by atoms with Crippen molar-refractivity contribution in [1.29, 1.82) is 0 Å². The fourth-order valence-corrected chi connectivity index (χ4v) is 2.04. The summed E-state index contributed by atoms with van der Waals surface area (Å²) in [6.45, 7) is 13.1. The van der Waals surface area contributed by atoms with Gasteiger partial charge in [0.25, 0.3) is 0 Å². The Morgan fingerprint density at radius 3 is 2.36 bits per heavy atom. The minimum absolute atomic E-state index is 1.07. The maximum atomic E-state index is 4.03. The third kappa shape index (κ3) is 3.55. The number of allylic oxidation sites excluding steroid dienone is 3. The molecular weight excluding hydrogens is 184 g/mol. The molecule has 76 valence electrons. The molecule has 0 atom stereocenters. The van der Waals surface area contributed by atoms with Crippen LogP contribution < -0.4 is 0 Å². The normalized spacial score (nSPS) is 17.9. The van der Waals surface area contributed by atoms with E-state index >= 15 is 0 Å². The summed E-state index contributed by atoms with van der Waals surface area (Å²) in [5, 5.41) is 0. The van der Waals surface area contributed by atoms with Gasteiger partial charge in [0.2, 0.25) is 0 Å². The molecule has 0 aromatic heterocycles. The lowest BCUT2D eigenvalue weighted by atomic mass is 9.90. The first-order valence-corrected chi connectivity index (χ1v) is 8.77. The van der Waals surface area contributed by atoms with Crippen molar-refractivity contribution in [3.05, 3.63) is 23.3 Å². The molecule has 0 saturated heterocycles. The predicted molar refractivity (Wildman–Crippen MR) is 66.8 cm³/mol. The van der Waals surface area contributed by atoms with Crippen molar-refractivity contribution < 1.29 is 0 Å². The van der Waals surface area contributed by atoms with Crippen LogP contribution in [0.3, 0.4) is 0 Å². The zero-order valence-corrected chi connectivity index (χ0v) is 10.8. The fraction of sp³-hybridized carbons (Fsp3) is 0.538. The highest BCUT2D eigenvalue weighted by molar-refractivity contribution is 6.83. The molecule has 1 aliphatic rings. The minimum atomic E-state index is -1.21. The molecule has 0 N–H and O–H groups in total. The quantitative estimate of drug-likeness (QED) is 0.319. The number of hydrogen-bond donors (Lipinski definition) is 0. The van der Waals surface area contributed by atoms with E-state index in [-0.39, 0.29) is 0 Å². The van der Waals surface area contributed by atoms with Crippen LogP contribution in [0, 0.1) is 11.5 Å². The van der Waals surface area contributed by atoms with Crippen LogP contribution in [-0.4, -0.2) is 8.07 Å². The molecule has 0 spiro atoms. The molecule has 1 aliphatic carbocycles. The predicted octanol–water partition coefficient (Wildman–Crippen LogP) is 3.92. The van der Waals surface area contributed by atoms with Gasteiger partial charge in [-0.3, -0.25) is 0 Å². The van der Waals surface area contributed by atoms with Crippen molar-refractivity contribution in [2.45, 2.75) is 45.8 Å². The zero-order chi connectivity index (χ0) is 10.8. The molecule has 1 heteroatoms. The molecule has 0 heterocycles. The van der Waals surface area contributed by atoms with Crippen molar-refractivity contribution in [3.8, 4) is 11.5 Å². The number of hydrogen-bond acceptors (Lipinski definition) is 0. The Labute approximate surface area is 89.1 Å². The first-order chi connectivity index (χ1) is 6.38. The van der Waals surface area contributed by atoms with E-state index in [9.17, 15) is 0 Å². The van der Waals surface area contributed by atoms with Crippen molar-refractivity contribution in [3.63, 3.8) is 0 Å². The molecule has 0 nitrogen and oxygen atoms in total. The van der Waals surface area contributed by atoms with Gasteiger partial charge in [-0.25, -0.2) is 0 Å². The van der Waals surface area contributed by atoms with Crippen LogP contribution in [0.2, 0.25) is 19.6 Å². The van der Waals surface area contributed by atoms with Crippen LogP contribution in [0.15, 0.2) is 23.3 Å². The molecule has 0 amide bonds. The van der Waals surface area contributed by atoms with Crippen molar-refractivity contribution in [2.24, 2.45) is 0 Å². The van der Waals surface area contributed by atoms with Gasteiger partial charge in [0.1, 0.15) is 8.07 Å². The monoisotopic (exact) mass is 204 g/mol. The zero-order valence-electron chi connectivity index (χ0n) is 9.83. The van der Waals surface area contributed by atoms with E-state index in [1.54, 1.807) is 0 Å². The van der Waals surface area contributed by atoms with Gasteiger partial charge in [-0.1, -0.05) is 43.3 Å². The van der Waals surface area contributed by atoms with E-state index in [0.29, 0.717) is 0 Å². The number of rotatable bonds is 0. The van der Waals surface area contributed by atoms with Gasteiger partial charge in [-0.2, -0.15) is 0 Å². The van der Waals surface area contributed by atoms with E-state index in [1.807, 2.05) is 0 Å². The van der Waals surface area contributed by atoms with Crippen molar-refractivity contribution in [1.82, 2.24) is 0 Å². The fourth-order valence-electron chi connectivity index (χ4n) is 1.52. The van der Waals surface area contributed by atoms with Crippen LogP contribution in [0.1, 0.15) is 26.2 Å². The third-order valence-corrected chi connectivity index (χ3v) is 3.22. The van der Waals surface area contributed by atoms with E-state index in [0.717, 1.165) is 19.3 Å². The lowest BCUT2D eigenvalue weighted by molar-refractivity contribution is 0.841. The highest BCUT2D eigenvalue weighted by atomic mass is 28.3. The standard InChI is InChI=1S/C13H20Si/c1-11-6-7-13(12(2)10-11)8-9-14(3,4)5/h1,6-7,10H2,2-5H3. The van der Waals surface area contributed by atoms with E-state index in [2.05, 4.69) is 44.6 Å². The van der Waals surface area contributed by atoms with Crippen LogP contribution in [0.5, 0.6) is 0 Å². The van der Waals surface area contributed by atoms with Crippen LogP contribution in [0.4, 0.5) is 0 Å². The molecular formula is C13H20Si. The second-order valence-corrected chi connectivity index (χ2v) is 9.94. The van der Waals surface area contributed by atoms with Gasteiger partial charge in [0, 0.05) is 5.57 Å². The molecule has 0 aromatic rings. The smallest absolute Gasteiger partial charge is 0.127 e. The average molecular weight is 204 g/mol. The molecule has 0 unspecified atom stereocenters. The molecule has 0 fully saturated rings. The van der Waals surface area contributed by atoms with E-state index in [4.69, 9.17) is 0 Å². The SMILES string of the molecule is C=C1CCC(C#C[Si](C)(C)C)=C(C)C1. The second-order valence-electron chi connectivity index (χ2n) is 5.19. The summed E-state index contributed by atoms with van der Waals surface area (Å²) >= 11 is 0. The highest BCUT2D eigenvalue weighted by Gasteiger charge is 2.11. The largest absolute Gasteiger partial charge is 0.129 e. The lowest BCUT2D eigenvalue weighted by Crippen LogP contribution is -2.16. The Morgan fingerprint density at radius 1 is 1.21 bits per heavy atom. The molecule has 0 aliphatic heterocycles. The van der Waals surface area contributed by atoms with Gasteiger partial charge in [-0.05, 0) is 26.2 Å². The van der Waals surface area contributed by atoms with Crippen molar-refractivity contribution in [2.75, 3.05) is 0 Å². The summed E-state index contributed by atoms with van der Waals surface area (Å²) < 4.78 is 0. The second kappa shape index (κ2) is 4.19. The summed E-state index contributed by atoms with van der Waals surface area (Å²) in [4.78, 5) is 0. The van der Waals surface area contributed by atoms with Crippen LogP contribution in [-0.2, 0) is 0 Å². The lowest BCUT2D eigenvalue weighted by Gasteiger charge is -2.16. The van der Waals surface area contributed by atoms with Gasteiger partial charge in [0.15, 0.2) is 0 Å². The van der Waals surface area contributed by atoms with Crippen LogP contribution in [0.25, 0.3) is 0 Å². The first-order valence-electron chi connectivity index (χ1n) is 5.27. The summed E-state index contributed by atoms with van der Waals surface area (Å²) in [7, 11) is -1.21. The Kier molecular flexibility index (Phi) is 3.39. The van der Waals surface area contributed by atoms with Crippen molar-refractivity contribution >= 4 is 8.07 Å². The molecule has 1 rings (SSSR count). The summed E-state index contributed by atoms with van der Waals surface area (Å²) in [6.07, 6.45) is 3.31. The van der Waals surface area contributed by atoms with Gasteiger partial charge in [0.05, 0.1) is 0 Å². The average Bonchev–Trinajstić information content (AvgIpc) is 2.00. The van der Waals surface area contributed by atoms with E-state index in [1.165, 1.54) is 16.7 Å². The molecule has 0 bridgehead atoms. The molecule has 14 heavy (non-hydrogen) atoms. The van der Waals surface area contributed by atoms with Gasteiger partial charge in [-0.15, -0.1) is 5.54 Å². The Morgan fingerprint density at radius 2 is 1.86 bits per heavy atom. The maximum Gasteiger partial charge on any atom is 0.129 e. The molecule has 0 aromatic carbocycles. The molecule has 0 saturated carbocycles. The Bertz CT molecular complexity index is 328. The Balaban J connectivity index is 2.82. The molecule has 0 radical (unpaired) electrons. The minimum Gasteiger partial charge on any atom is -0.127 e. The van der Waals surface area contributed by atoms with Crippen LogP contribution >= 0.6 is 0 Å². The van der Waals surface area contributed by atoms with E-state index < -0.39 is 8.07 Å². The van der Waals surface area contributed by atoms with Gasteiger partial charge < -0.3 is 0 Å². The maximum absolute atomic E-state index is 4.03. The first kappa shape index (κ1) is 11.3. The summed E-state index contributed by atoms with van der Waals surface area (Å²) in [6, 6.07) is 0. The summed E-state index contributed by atoms with van der Waals surface area (Å²) in [5.74, 6) is 3.38. The third-order valence-electron chi connectivity index (χ3n) is 2.35. The topological polar surface area (TPSA) is 0 Å². The Hall–Kier alpha value is -0.743. The highest BCUT2D eigenvalue weighted by Crippen LogP contribution is 2.26. The van der Waals surface area contributed by atoms with Gasteiger partial charge >= 0.3 is 0 Å².